The van der Waals surface area contributed by atoms with E-state index in [1.165, 1.54) is 22.5 Å². The topological polar surface area (TPSA) is 68.0 Å². The molecule has 2 rings (SSSR count). The van der Waals surface area contributed by atoms with Gasteiger partial charge in [0.15, 0.2) is 0 Å². The van der Waals surface area contributed by atoms with Crippen LogP contribution in [0.25, 0.3) is 0 Å². The number of nitrogens with zero attached hydrogens (tertiary/aromatic N) is 1. The average Bonchev–Trinajstić information content (AvgIpc) is 2.89. The van der Waals surface area contributed by atoms with Crippen molar-refractivity contribution in [2.75, 3.05) is 0 Å². The quantitative estimate of drug-likeness (QED) is 0.892. The maximum atomic E-state index is 12.3. The number of hydrogen-bond donors (Lipinski definition) is 2. The summed E-state index contributed by atoms with van der Waals surface area (Å²) in [4.78, 5) is 16.5. The highest BCUT2D eigenvalue weighted by Crippen LogP contribution is 2.17. The minimum atomic E-state index is -0.338. The maximum absolute atomic E-state index is 12.3. The van der Waals surface area contributed by atoms with Crippen LogP contribution in [0, 0.1) is 6.92 Å². The van der Waals surface area contributed by atoms with E-state index >= 15 is 0 Å². The van der Waals surface area contributed by atoms with Gasteiger partial charge < -0.3 is 11.1 Å². The number of nitrogens with two attached hydrogens (primary N) is 1. The number of nitrogens with one attached hydrogen (secondary N) is 1. The Hall–Kier alpha value is -1.72. The first-order valence-electron chi connectivity index (χ1n) is 6.93. The molecule has 1 heterocycles. The molecule has 0 aliphatic rings. The molecule has 112 valence electrons. The SMILES string of the molecule is Cc1ccccc1CC(C)(C)NC(=O)c1csc(CN)n1. The normalized spacial score (nSPS) is 11.4. The molecule has 0 fully saturated rings. The van der Waals surface area contributed by atoms with Crippen LogP contribution in [0.2, 0.25) is 0 Å². The molecule has 1 amide bonds. The van der Waals surface area contributed by atoms with E-state index in [1.54, 1.807) is 5.38 Å². The standard InChI is InChI=1S/C16H21N3OS/c1-11-6-4-5-7-12(11)8-16(2,3)19-15(20)13-10-21-14(9-17)18-13/h4-7,10H,8-9,17H2,1-3H3,(H,19,20). The fraction of sp³-hybridized carbons (Fsp3) is 0.375. The Bertz CT molecular complexity index is 634. The highest BCUT2D eigenvalue weighted by atomic mass is 32.1. The van der Waals surface area contributed by atoms with Crippen LogP contribution in [-0.4, -0.2) is 16.4 Å². The lowest BCUT2D eigenvalue weighted by Crippen LogP contribution is -2.45. The van der Waals surface area contributed by atoms with E-state index < -0.39 is 0 Å². The average molecular weight is 303 g/mol. The third kappa shape index (κ3) is 4.12. The van der Waals surface area contributed by atoms with E-state index in [2.05, 4.69) is 29.4 Å². The number of amides is 1. The van der Waals surface area contributed by atoms with E-state index in [-0.39, 0.29) is 11.4 Å². The zero-order valence-electron chi connectivity index (χ0n) is 12.6. The van der Waals surface area contributed by atoms with Crippen molar-refractivity contribution in [1.29, 1.82) is 0 Å². The largest absolute Gasteiger partial charge is 0.345 e. The Morgan fingerprint density at radius 2 is 2.10 bits per heavy atom. The first-order chi connectivity index (χ1) is 9.91. The lowest BCUT2D eigenvalue weighted by atomic mass is 9.92. The fourth-order valence-corrected chi connectivity index (χ4v) is 2.86. The van der Waals surface area contributed by atoms with Gasteiger partial charge in [0.05, 0.1) is 0 Å². The second-order valence-corrected chi connectivity index (χ2v) is 6.71. The smallest absolute Gasteiger partial charge is 0.271 e. The molecule has 0 aliphatic heterocycles. The minimum absolute atomic E-state index is 0.149. The highest BCUT2D eigenvalue weighted by molar-refractivity contribution is 7.09. The van der Waals surface area contributed by atoms with Gasteiger partial charge in [-0.25, -0.2) is 4.98 Å². The summed E-state index contributed by atoms with van der Waals surface area (Å²) >= 11 is 1.41. The van der Waals surface area contributed by atoms with Gasteiger partial charge >= 0.3 is 0 Å². The molecule has 4 nitrogen and oxygen atoms in total. The minimum Gasteiger partial charge on any atom is -0.345 e. The van der Waals surface area contributed by atoms with Gasteiger partial charge in [-0.2, -0.15) is 0 Å². The predicted octanol–water partition coefficient (Wildman–Crippen LogP) is 2.66. The summed E-state index contributed by atoms with van der Waals surface area (Å²) in [6.45, 7) is 6.49. The van der Waals surface area contributed by atoms with Crippen molar-refractivity contribution >= 4 is 17.2 Å². The van der Waals surface area contributed by atoms with Crippen molar-refractivity contribution in [2.24, 2.45) is 5.73 Å². The molecule has 0 bridgehead atoms. The summed E-state index contributed by atoms with van der Waals surface area (Å²) in [6, 6.07) is 8.22. The third-order valence-corrected chi connectivity index (χ3v) is 4.18. The number of rotatable bonds is 5. The number of benzene rings is 1. The summed E-state index contributed by atoms with van der Waals surface area (Å²) in [5.74, 6) is -0.149. The maximum Gasteiger partial charge on any atom is 0.271 e. The van der Waals surface area contributed by atoms with E-state index in [4.69, 9.17) is 5.73 Å². The molecule has 0 atom stereocenters. The Kier molecular flexibility index (Phi) is 4.75. The van der Waals surface area contributed by atoms with Crippen LogP contribution in [-0.2, 0) is 13.0 Å². The summed E-state index contributed by atoms with van der Waals surface area (Å²) in [7, 11) is 0. The molecule has 5 heteroatoms. The zero-order chi connectivity index (χ0) is 15.5. The van der Waals surface area contributed by atoms with Gasteiger partial charge in [0.25, 0.3) is 5.91 Å². The second-order valence-electron chi connectivity index (χ2n) is 5.77. The lowest BCUT2D eigenvalue weighted by Gasteiger charge is -2.26. The molecule has 0 unspecified atom stereocenters. The number of aromatic nitrogens is 1. The number of carbonyl (C=O) groups is 1. The van der Waals surface area contributed by atoms with Gasteiger partial charge in [-0.15, -0.1) is 11.3 Å². The Morgan fingerprint density at radius 3 is 2.71 bits per heavy atom. The van der Waals surface area contributed by atoms with Crippen molar-refractivity contribution in [3.8, 4) is 0 Å². The number of carbonyl (C=O) groups excluding carboxylic acids is 1. The van der Waals surface area contributed by atoms with Crippen molar-refractivity contribution in [3.63, 3.8) is 0 Å². The van der Waals surface area contributed by atoms with Crippen LogP contribution in [0.1, 0.15) is 40.5 Å². The third-order valence-electron chi connectivity index (χ3n) is 3.30. The first kappa shape index (κ1) is 15.7. The summed E-state index contributed by atoms with van der Waals surface area (Å²) < 4.78 is 0. The van der Waals surface area contributed by atoms with Gasteiger partial charge in [0, 0.05) is 17.5 Å². The van der Waals surface area contributed by atoms with Crippen molar-refractivity contribution in [2.45, 2.75) is 39.3 Å². The van der Waals surface area contributed by atoms with Crippen molar-refractivity contribution < 1.29 is 4.79 Å². The van der Waals surface area contributed by atoms with Crippen LogP contribution >= 0.6 is 11.3 Å². The first-order valence-corrected chi connectivity index (χ1v) is 7.81. The summed E-state index contributed by atoms with van der Waals surface area (Å²) in [5.41, 5.74) is 8.11. The van der Waals surface area contributed by atoms with Gasteiger partial charge in [0.1, 0.15) is 10.7 Å². The highest BCUT2D eigenvalue weighted by Gasteiger charge is 2.23. The monoisotopic (exact) mass is 303 g/mol. The van der Waals surface area contributed by atoms with Crippen LogP contribution in [0.3, 0.4) is 0 Å². The molecular formula is C16H21N3OS. The molecule has 0 radical (unpaired) electrons. The molecule has 0 aliphatic carbocycles. The van der Waals surface area contributed by atoms with Crippen LogP contribution < -0.4 is 11.1 Å². The van der Waals surface area contributed by atoms with Gasteiger partial charge in [-0.3, -0.25) is 4.79 Å². The zero-order valence-corrected chi connectivity index (χ0v) is 13.5. The fourth-order valence-electron chi connectivity index (χ4n) is 2.21. The summed E-state index contributed by atoms with van der Waals surface area (Å²) in [6.07, 6.45) is 0.777. The molecule has 1 aromatic heterocycles. The number of hydrogen-bond acceptors (Lipinski definition) is 4. The molecule has 0 saturated carbocycles. The van der Waals surface area contributed by atoms with Gasteiger partial charge in [0.2, 0.25) is 0 Å². The number of aryl methyl sites for hydroxylation is 1. The predicted molar refractivity (Wildman–Crippen MR) is 86.4 cm³/mol. The van der Waals surface area contributed by atoms with Crippen molar-refractivity contribution in [1.82, 2.24) is 10.3 Å². The van der Waals surface area contributed by atoms with E-state index in [9.17, 15) is 4.79 Å². The molecule has 21 heavy (non-hydrogen) atoms. The molecule has 0 spiro atoms. The Labute approximate surface area is 129 Å². The second kappa shape index (κ2) is 6.37. The molecule has 1 aromatic carbocycles. The summed E-state index contributed by atoms with van der Waals surface area (Å²) in [5, 5.41) is 5.58. The Morgan fingerprint density at radius 1 is 1.38 bits per heavy atom. The van der Waals surface area contributed by atoms with Crippen LogP contribution in [0.4, 0.5) is 0 Å². The molecule has 2 aromatic rings. The van der Waals surface area contributed by atoms with Crippen LogP contribution in [0.5, 0.6) is 0 Å². The van der Waals surface area contributed by atoms with E-state index in [1.807, 2.05) is 26.0 Å². The van der Waals surface area contributed by atoms with Gasteiger partial charge in [-0.05, 0) is 38.3 Å². The van der Waals surface area contributed by atoms with Crippen molar-refractivity contribution in [3.05, 3.63) is 51.5 Å². The molecule has 0 saturated heterocycles. The Balaban J connectivity index is 2.06. The molecule has 3 N–H and O–H groups in total. The van der Waals surface area contributed by atoms with Gasteiger partial charge in [-0.1, -0.05) is 24.3 Å². The van der Waals surface area contributed by atoms with E-state index in [0.717, 1.165) is 11.4 Å². The van der Waals surface area contributed by atoms with Crippen LogP contribution in [0.15, 0.2) is 29.6 Å². The lowest BCUT2D eigenvalue weighted by molar-refractivity contribution is 0.0908. The van der Waals surface area contributed by atoms with E-state index in [0.29, 0.717) is 12.2 Å². The number of thiazole rings is 1. The molecular weight excluding hydrogens is 282 g/mol.